The van der Waals surface area contributed by atoms with E-state index in [2.05, 4.69) is 12.2 Å². The number of amides is 2. The molecule has 1 aliphatic heterocycles. The molecule has 1 N–H and O–H groups in total. The predicted octanol–water partition coefficient (Wildman–Crippen LogP) is 4.65. The molecule has 1 aliphatic rings. The first-order valence-corrected chi connectivity index (χ1v) is 12.0. The smallest absolute Gasteiger partial charge is 0.258 e. The lowest BCUT2D eigenvalue weighted by atomic mass is 10.0. The summed E-state index contributed by atoms with van der Waals surface area (Å²) in [6, 6.07) is 15.1. The SMILES string of the molecule is CCCCN1C(=O)c2cccc3c(NC(=O)c4ccc(S(=O)(=O)CC)cc4)ccc1c23. The van der Waals surface area contributed by atoms with E-state index in [9.17, 15) is 18.0 Å². The highest BCUT2D eigenvalue weighted by atomic mass is 32.2. The third kappa shape index (κ3) is 3.70. The molecule has 3 aromatic carbocycles. The normalized spacial score (nSPS) is 13.1. The average Bonchev–Trinajstić information content (AvgIpc) is 3.06. The highest BCUT2D eigenvalue weighted by molar-refractivity contribution is 7.91. The lowest BCUT2D eigenvalue weighted by Gasteiger charge is -2.17. The van der Waals surface area contributed by atoms with Crippen molar-refractivity contribution in [3.63, 3.8) is 0 Å². The topological polar surface area (TPSA) is 83.6 Å². The molecular weight excluding hydrogens is 412 g/mol. The van der Waals surface area contributed by atoms with Crippen LogP contribution in [0.4, 0.5) is 11.4 Å². The van der Waals surface area contributed by atoms with Gasteiger partial charge in [-0.25, -0.2) is 8.42 Å². The van der Waals surface area contributed by atoms with E-state index in [1.54, 1.807) is 11.8 Å². The van der Waals surface area contributed by atoms with Crippen molar-refractivity contribution in [2.24, 2.45) is 0 Å². The zero-order valence-electron chi connectivity index (χ0n) is 17.5. The fourth-order valence-corrected chi connectivity index (χ4v) is 4.75. The summed E-state index contributed by atoms with van der Waals surface area (Å²) in [5.41, 5.74) is 2.49. The van der Waals surface area contributed by atoms with Crippen LogP contribution in [0.3, 0.4) is 0 Å². The van der Waals surface area contributed by atoms with Gasteiger partial charge in [0.15, 0.2) is 9.84 Å². The first kappa shape index (κ1) is 21.1. The lowest BCUT2D eigenvalue weighted by molar-refractivity contribution is 0.0991. The van der Waals surface area contributed by atoms with Crippen LogP contribution in [0, 0.1) is 0 Å². The third-order valence-corrected chi connectivity index (χ3v) is 7.37. The number of anilines is 2. The van der Waals surface area contributed by atoms with Crippen LogP contribution >= 0.6 is 0 Å². The van der Waals surface area contributed by atoms with Gasteiger partial charge in [-0.15, -0.1) is 0 Å². The van der Waals surface area contributed by atoms with Gasteiger partial charge in [0, 0.05) is 34.1 Å². The zero-order valence-corrected chi connectivity index (χ0v) is 18.3. The summed E-state index contributed by atoms with van der Waals surface area (Å²) in [5, 5.41) is 4.57. The van der Waals surface area contributed by atoms with E-state index in [1.165, 1.54) is 24.3 Å². The minimum Gasteiger partial charge on any atom is -0.321 e. The molecule has 0 aliphatic carbocycles. The molecular formula is C24H24N2O4S. The van der Waals surface area contributed by atoms with Gasteiger partial charge in [0.1, 0.15) is 0 Å². The molecule has 6 nitrogen and oxygen atoms in total. The summed E-state index contributed by atoms with van der Waals surface area (Å²) in [4.78, 5) is 27.7. The summed E-state index contributed by atoms with van der Waals surface area (Å²) < 4.78 is 24.0. The van der Waals surface area contributed by atoms with E-state index in [0.717, 1.165) is 29.3 Å². The number of hydrogen-bond donors (Lipinski definition) is 1. The van der Waals surface area contributed by atoms with Crippen molar-refractivity contribution in [2.45, 2.75) is 31.6 Å². The van der Waals surface area contributed by atoms with Crippen LogP contribution < -0.4 is 10.2 Å². The molecule has 7 heteroatoms. The lowest BCUT2D eigenvalue weighted by Crippen LogP contribution is -2.27. The van der Waals surface area contributed by atoms with E-state index in [1.807, 2.05) is 30.3 Å². The molecule has 0 atom stereocenters. The van der Waals surface area contributed by atoms with Crippen LogP contribution in [0.15, 0.2) is 59.5 Å². The summed E-state index contributed by atoms with van der Waals surface area (Å²) in [6.07, 6.45) is 1.92. The van der Waals surface area contributed by atoms with Crippen LogP contribution in [0.5, 0.6) is 0 Å². The zero-order chi connectivity index (χ0) is 22.2. The fourth-order valence-electron chi connectivity index (χ4n) is 3.87. The van der Waals surface area contributed by atoms with Crippen molar-refractivity contribution in [1.82, 2.24) is 0 Å². The summed E-state index contributed by atoms with van der Waals surface area (Å²) >= 11 is 0. The Hall–Kier alpha value is -3.19. The highest BCUT2D eigenvalue weighted by Gasteiger charge is 2.30. The minimum absolute atomic E-state index is 0.00715. The van der Waals surface area contributed by atoms with Crippen molar-refractivity contribution in [3.05, 3.63) is 65.7 Å². The van der Waals surface area contributed by atoms with E-state index in [-0.39, 0.29) is 22.5 Å². The molecule has 0 fully saturated rings. The van der Waals surface area contributed by atoms with E-state index in [4.69, 9.17) is 0 Å². The van der Waals surface area contributed by atoms with E-state index >= 15 is 0 Å². The van der Waals surface area contributed by atoms with Crippen LogP contribution in [0.2, 0.25) is 0 Å². The maximum absolute atomic E-state index is 12.9. The predicted molar refractivity (Wildman–Crippen MR) is 123 cm³/mol. The van der Waals surface area contributed by atoms with Crippen molar-refractivity contribution >= 4 is 43.8 Å². The molecule has 0 aromatic heterocycles. The Balaban J connectivity index is 1.66. The molecule has 31 heavy (non-hydrogen) atoms. The maximum Gasteiger partial charge on any atom is 0.258 e. The van der Waals surface area contributed by atoms with Gasteiger partial charge in [0.05, 0.1) is 16.3 Å². The Labute approximate surface area is 181 Å². The molecule has 0 unspecified atom stereocenters. The number of carbonyl (C=O) groups excluding carboxylic acids is 2. The van der Waals surface area contributed by atoms with Crippen LogP contribution in [-0.4, -0.2) is 32.5 Å². The minimum atomic E-state index is -3.32. The number of nitrogens with zero attached hydrogens (tertiary/aromatic N) is 1. The maximum atomic E-state index is 12.9. The second kappa shape index (κ2) is 8.15. The van der Waals surface area contributed by atoms with Crippen LogP contribution in [-0.2, 0) is 9.84 Å². The van der Waals surface area contributed by atoms with E-state index < -0.39 is 9.84 Å². The molecule has 3 aromatic rings. The first-order chi connectivity index (χ1) is 14.9. The monoisotopic (exact) mass is 436 g/mol. The Morgan fingerprint density at radius 3 is 2.42 bits per heavy atom. The third-order valence-electron chi connectivity index (χ3n) is 5.62. The quantitative estimate of drug-likeness (QED) is 0.585. The molecule has 1 heterocycles. The molecule has 2 amide bonds. The van der Waals surface area contributed by atoms with Gasteiger partial charge in [-0.2, -0.15) is 0 Å². The number of sulfone groups is 1. The van der Waals surface area contributed by atoms with Gasteiger partial charge >= 0.3 is 0 Å². The van der Waals surface area contributed by atoms with Crippen molar-refractivity contribution in [2.75, 3.05) is 22.5 Å². The van der Waals surface area contributed by atoms with Gasteiger partial charge in [-0.3, -0.25) is 9.59 Å². The van der Waals surface area contributed by atoms with Crippen LogP contribution in [0.25, 0.3) is 10.8 Å². The second-order valence-electron chi connectivity index (χ2n) is 7.55. The van der Waals surface area contributed by atoms with Crippen molar-refractivity contribution in [3.8, 4) is 0 Å². The largest absolute Gasteiger partial charge is 0.321 e. The summed E-state index contributed by atoms with van der Waals surface area (Å²) in [5.74, 6) is -0.341. The molecule has 0 saturated carbocycles. The molecule has 0 spiro atoms. The Morgan fingerprint density at radius 2 is 1.74 bits per heavy atom. The highest BCUT2D eigenvalue weighted by Crippen LogP contribution is 2.40. The number of rotatable bonds is 7. The van der Waals surface area contributed by atoms with Gasteiger partial charge in [0.25, 0.3) is 11.8 Å². The number of benzene rings is 3. The number of unbranched alkanes of at least 4 members (excludes halogenated alkanes) is 1. The van der Waals surface area contributed by atoms with Gasteiger partial charge in [0.2, 0.25) is 0 Å². The summed E-state index contributed by atoms with van der Waals surface area (Å²) in [7, 11) is -3.32. The molecule has 160 valence electrons. The molecule has 0 radical (unpaired) electrons. The molecule has 4 rings (SSSR count). The van der Waals surface area contributed by atoms with Gasteiger partial charge < -0.3 is 10.2 Å². The van der Waals surface area contributed by atoms with Crippen molar-refractivity contribution < 1.29 is 18.0 Å². The number of carbonyl (C=O) groups is 2. The number of nitrogens with one attached hydrogen (secondary N) is 1. The molecule has 0 saturated heterocycles. The standard InChI is InChI=1S/C24H24N2O4S/c1-3-5-15-26-21-14-13-20(18-7-6-8-19(22(18)21)24(26)28)25-23(27)16-9-11-17(12-10-16)31(29,30)4-2/h6-14H,3-5,15H2,1-2H3,(H,25,27). The summed E-state index contributed by atoms with van der Waals surface area (Å²) in [6.45, 7) is 4.34. The second-order valence-corrected chi connectivity index (χ2v) is 9.83. The van der Waals surface area contributed by atoms with Gasteiger partial charge in [-0.05, 0) is 48.9 Å². The van der Waals surface area contributed by atoms with Gasteiger partial charge in [-0.1, -0.05) is 32.4 Å². The van der Waals surface area contributed by atoms with Crippen molar-refractivity contribution in [1.29, 1.82) is 0 Å². The Bertz CT molecular complexity index is 1280. The number of hydrogen-bond acceptors (Lipinski definition) is 4. The fraction of sp³-hybridized carbons (Fsp3) is 0.250. The first-order valence-electron chi connectivity index (χ1n) is 10.4. The Morgan fingerprint density at radius 1 is 1.00 bits per heavy atom. The average molecular weight is 437 g/mol. The Kier molecular flexibility index (Phi) is 5.54. The van der Waals surface area contributed by atoms with Crippen LogP contribution in [0.1, 0.15) is 47.4 Å². The van der Waals surface area contributed by atoms with E-state index in [0.29, 0.717) is 23.4 Å². The molecule has 0 bridgehead atoms.